The Labute approximate surface area is 212 Å². The maximum atomic E-state index is 12.5. The molecule has 198 valence electrons. The van der Waals surface area contributed by atoms with Crippen molar-refractivity contribution in [3.63, 3.8) is 0 Å². The highest BCUT2D eigenvalue weighted by molar-refractivity contribution is 5.95. The van der Waals surface area contributed by atoms with Crippen molar-refractivity contribution in [2.45, 2.75) is 96.9 Å². The maximum absolute atomic E-state index is 12.5. The number of carbonyl (C=O) groups excluding carboxylic acids is 2. The molecule has 0 bridgehead atoms. The summed E-state index contributed by atoms with van der Waals surface area (Å²) in [6.07, 6.45) is 22.5. The van der Waals surface area contributed by atoms with Crippen LogP contribution in [0.2, 0.25) is 0 Å². The van der Waals surface area contributed by atoms with E-state index in [-0.39, 0.29) is 42.5 Å². The highest BCUT2D eigenvalue weighted by atomic mass is 16.7. The summed E-state index contributed by atoms with van der Waals surface area (Å²) < 4.78 is 12.0. The second kappa shape index (κ2) is 17.6. The molecule has 1 N–H and O–H groups in total. The van der Waals surface area contributed by atoms with Crippen molar-refractivity contribution in [3.05, 3.63) is 36.5 Å². The molecule has 35 heavy (non-hydrogen) atoms. The van der Waals surface area contributed by atoms with Crippen LogP contribution in [0, 0.1) is 11.8 Å². The number of likely N-dealkylation sites (N-methyl/N-ethyl adjacent to an activating group) is 1. The standard InChI is InChI=1S/C29H47NO5/c1-3-5-8-14-25(35-29-16-11-12-23-34-29)18-19-26-24(17-20-27(26)32)13-9-6-7-10-15-28(33)30(4-2)21-22-31/h6,9,17-20,24-26,29,31H,3-5,7-8,10-16,21-23H2,1-2H3/b9-6-,19-18+/t24-,25+,26+,29?/m0/s1. The third kappa shape index (κ3) is 11.2. The predicted octanol–water partition coefficient (Wildman–Crippen LogP) is 5.36. The van der Waals surface area contributed by atoms with Crippen LogP contribution in [-0.4, -0.2) is 60.4 Å². The van der Waals surface area contributed by atoms with Gasteiger partial charge in [0.2, 0.25) is 5.91 Å². The Hall–Kier alpha value is -1.76. The maximum Gasteiger partial charge on any atom is 0.222 e. The first kappa shape index (κ1) is 29.5. The van der Waals surface area contributed by atoms with Gasteiger partial charge in [-0.2, -0.15) is 0 Å². The number of aliphatic hydroxyl groups excluding tert-OH is 1. The van der Waals surface area contributed by atoms with Crippen molar-refractivity contribution in [1.82, 2.24) is 4.90 Å². The van der Waals surface area contributed by atoms with E-state index in [1.807, 2.05) is 13.0 Å². The number of hydrogen-bond acceptors (Lipinski definition) is 5. The summed E-state index contributed by atoms with van der Waals surface area (Å²) in [4.78, 5) is 26.3. The van der Waals surface area contributed by atoms with Crippen LogP contribution in [0.5, 0.6) is 0 Å². The second-order valence-electron chi connectivity index (χ2n) is 9.60. The number of hydrogen-bond donors (Lipinski definition) is 1. The highest BCUT2D eigenvalue weighted by Crippen LogP contribution is 2.28. The molecule has 0 spiro atoms. The fourth-order valence-electron chi connectivity index (χ4n) is 4.67. The van der Waals surface area contributed by atoms with E-state index in [1.165, 1.54) is 12.8 Å². The predicted molar refractivity (Wildman–Crippen MR) is 140 cm³/mol. The van der Waals surface area contributed by atoms with Crippen LogP contribution >= 0.6 is 0 Å². The van der Waals surface area contributed by atoms with Gasteiger partial charge < -0.3 is 19.5 Å². The highest BCUT2D eigenvalue weighted by Gasteiger charge is 2.27. The molecule has 0 radical (unpaired) electrons. The van der Waals surface area contributed by atoms with Crippen molar-refractivity contribution in [1.29, 1.82) is 0 Å². The smallest absolute Gasteiger partial charge is 0.222 e. The van der Waals surface area contributed by atoms with E-state index in [2.05, 4.69) is 31.2 Å². The Balaban J connectivity index is 1.81. The number of aliphatic hydroxyl groups is 1. The lowest BCUT2D eigenvalue weighted by atomic mass is 9.90. The second-order valence-corrected chi connectivity index (χ2v) is 9.60. The lowest BCUT2D eigenvalue weighted by molar-refractivity contribution is -0.179. The van der Waals surface area contributed by atoms with Gasteiger partial charge in [-0.3, -0.25) is 9.59 Å². The van der Waals surface area contributed by atoms with Gasteiger partial charge >= 0.3 is 0 Å². The Morgan fingerprint density at radius 2 is 2.11 bits per heavy atom. The molecule has 2 aliphatic rings. The Bertz CT molecular complexity index is 695. The average Bonchev–Trinajstić information content (AvgIpc) is 3.22. The normalized spacial score (nSPS) is 23.5. The Kier molecular flexibility index (Phi) is 14.8. The van der Waals surface area contributed by atoms with Crippen LogP contribution in [0.3, 0.4) is 0 Å². The van der Waals surface area contributed by atoms with Gasteiger partial charge in [0.15, 0.2) is 12.1 Å². The summed E-state index contributed by atoms with van der Waals surface area (Å²) in [5.41, 5.74) is 0. The molecule has 1 fully saturated rings. The topological polar surface area (TPSA) is 76.1 Å². The molecular weight excluding hydrogens is 442 g/mol. The molecule has 6 heteroatoms. The summed E-state index contributed by atoms with van der Waals surface area (Å²) >= 11 is 0. The van der Waals surface area contributed by atoms with Crippen LogP contribution in [0.15, 0.2) is 36.5 Å². The molecule has 0 aromatic rings. The number of ketones is 1. The van der Waals surface area contributed by atoms with Crippen molar-refractivity contribution in [2.75, 3.05) is 26.3 Å². The average molecular weight is 490 g/mol. The SMILES string of the molecule is CCCCC[C@H](/C=C/[C@H]1C(=O)C=C[C@@H]1C/C=C\CCCC(=O)N(CC)CCO)OC1CCCCO1. The van der Waals surface area contributed by atoms with Gasteiger partial charge in [0, 0.05) is 32.0 Å². The van der Waals surface area contributed by atoms with Crippen LogP contribution in [-0.2, 0) is 19.1 Å². The summed E-state index contributed by atoms with van der Waals surface area (Å²) in [6, 6.07) is 0. The Morgan fingerprint density at radius 3 is 2.83 bits per heavy atom. The summed E-state index contributed by atoms with van der Waals surface area (Å²) in [5, 5.41) is 9.04. The Morgan fingerprint density at radius 1 is 1.26 bits per heavy atom. The number of rotatable bonds is 17. The quantitative estimate of drug-likeness (QED) is 0.220. The van der Waals surface area contributed by atoms with Gasteiger partial charge in [-0.1, -0.05) is 56.6 Å². The third-order valence-electron chi connectivity index (χ3n) is 6.83. The van der Waals surface area contributed by atoms with Crippen molar-refractivity contribution >= 4 is 11.7 Å². The van der Waals surface area contributed by atoms with Crippen molar-refractivity contribution in [3.8, 4) is 0 Å². The number of amides is 1. The van der Waals surface area contributed by atoms with Crippen LogP contribution < -0.4 is 0 Å². The molecule has 6 nitrogen and oxygen atoms in total. The first-order valence-electron chi connectivity index (χ1n) is 13.8. The molecule has 1 amide bonds. The van der Waals surface area contributed by atoms with E-state index in [1.54, 1.807) is 11.0 Å². The molecule has 1 saturated heterocycles. The van der Waals surface area contributed by atoms with E-state index in [4.69, 9.17) is 14.6 Å². The van der Waals surface area contributed by atoms with Gasteiger partial charge in [0.1, 0.15) is 0 Å². The zero-order chi connectivity index (χ0) is 25.3. The molecular formula is C29H47NO5. The van der Waals surface area contributed by atoms with Crippen LogP contribution in [0.25, 0.3) is 0 Å². The van der Waals surface area contributed by atoms with Gasteiger partial charge in [0.25, 0.3) is 0 Å². The lowest BCUT2D eigenvalue weighted by Gasteiger charge is -2.27. The number of nitrogens with zero attached hydrogens (tertiary/aromatic N) is 1. The molecule has 0 aromatic heterocycles. The molecule has 0 aromatic carbocycles. The number of ether oxygens (including phenoxy) is 2. The summed E-state index contributed by atoms with van der Waals surface area (Å²) in [6.45, 7) is 5.93. The minimum absolute atomic E-state index is 0.00267. The first-order chi connectivity index (χ1) is 17.1. The van der Waals surface area contributed by atoms with E-state index < -0.39 is 0 Å². The molecule has 2 rings (SSSR count). The molecule has 4 atom stereocenters. The number of allylic oxidation sites excluding steroid dienone is 5. The largest absolute Gasteiger partial charge is 0.395 e. The summed E-state index contributed by atoms with van der Waals surface area (Å²) in [5.74, 6) is 0.287. The monoisotopic (exact) mass is 489 g/mol. The molecule has 1 aliphatic heterocycles. The molecule has 1 aliphatic carbocycles. The van der Waals surface area contributed by atoms with E-state index in [0.717, 1.165) is 58.0 Å². The minimum atomic E-state index is -0.137. The summed E-state index contributed by atoms with van der Waals surface area (Å²) in [7, 11) is 0. The zero-order valence-corrected chi connectivity index (χ0v) is 21.9. The van der Waals surface area contributed by atoms with E-state index in [0.29, 0.717) is 19.5 Å². The first-order valence-corrected chi connectivity index (χ1v) is 13.8. The van der Waals surface area contributed by atoms with Crippen LogP contribution in [0.1, 0.15) is 84.5 Å². The fourth-order valence-corrected chi connectivity index (χ4v) is 4.67. The van der Waals surface area contributed by atoms with E-state index in [9.17, 15) is 9.59 Å². The number of unbranched alkanes of at least 4 members (excludes halogenated alkanes) is 3. The molecule has 1 heterocycles. The van der Waals surface area contributed by atoms with Gasteiger partial charge in [-0.15, -0.1) is 0 Å². The fraction of sp³-hybridized carbons (Fsp3) is 0.724. The van der Waals surface area contributed by atoms with Gasteiger partial charge in [-0.25, -0.2) is 0 Å². The lowest BCUT2D eigenvalue weighted by Crippen LogP contribution is -2.33. The van der Waals surface area contributed by atoms with Gasteiger partial charge in [-0.05, 0) is 63.9 Å². The van der Waals surface area contributed by atoms with E-state index >= 15 is 0 Å². The van der Waals surface area contributed by atoms with Crippen molar-refractivity contribution < 1.29 is 24.2 Å². The zero-order valence-electron chi connectivity index (χ0n) is 21.9. The minimum Gasteiger partial charge on any atom is -0.395 e. The van der Waals surface area contributed by atoms with Crippen molar-refractivity contribution in [2.24, 2.45) is 11.8 Å². The van der Waals surface area contributed by atoms with Gasteiger partial charge in [0.05, 0.1) is 12.7 Å². The van der Waals surface area contributed by atoms with Crippen LogP contribution in [0.4, 0.5) is 0 Å². The third-order valence-corrected chi connectivity index (χ3v) is 6.83. The molecule has 0 saturated carbocycles. The molecule has 1 unspecified atom stereocenters. The number of carbonyl (C=O) groups is 2.